The van der Waals surface area contributed by atoms with E-state index in [1.165, 1.54) is 76.3 Å². The molecule has 1 aliphatic heterocycles. The minimum absolute atomic E-state index is 0.0358. The Morgan fingerprint density at radius 2 is 1.41 bits per heavy atom. The van der Waals surface area contributed by atoms with Gasteiger partial charge >= 0.3 is 0 Å². The minimum atomic E-state index is -0.169. The van der Waals surface area contributed by atoms with Crippen molar-refractivity contribution < 1.29 is 14.3 Å². The molecule has 2 aromatic rings. The second-order valence-electron chi connectivity index (χ2n) is 10.5. The number of anilines is 1. The number of allylic oxidation sites excluding steroid dienone is 1. The molecule has 1 heterocycles. The summed E-state index contributed by atoms with van der Waals surface area (Å²) in [6.07, 6.45) is 16.1. The van der Waals surface area contributed by atoms with Crippen LogP contribution < -0.4 is 14.8 Å². The fourth-order valence-electron chi connectivity index (χ4n) is 4.68. The molecule has 0 aliphatic carbocycles. The van der Waals surface area contributed by atoms with Crippen molar-refractivity contribution in [2.75, 3.05) is 24.4 Å². The number of ether oxygens (including phenoxy) is 2. The average molecular weight is 553 g/mol. The third-order valence-corrected chi connectivity index (χ3v) is 8.06. The molecular formula is C33H48N2O3S. The third-order valence-electron chi connectivity index (χ3n) is 7.10. The summed E-state index contributed by atoms with van der Waals surface area (Å²) in [5.41, 5.74) is 3.18. The largest absolute Gasteiger partial charge is 0.494 e. The van der Waals surface area contributed by atoms with Gasteiger partial charge in [-0.3, -0.25) is 4.79 Å². The summed E-state index contributed by atoms with van der Waals surface area (Å²) in [4.78, 5) is 14.9. The molecule has 39 heavy (non-hydrogen) atoms. The first-order valence-electron chi connectivity index (χ1n) is 14.9. The van der Waals surface area contributed by atoms with Gasteiger partial charge in [-0.05, 0) is 54.6 Å². The lowest BCUT2D eigenvalue weighted by Crippen LogP contribution is -2.22. The highest BCUT2D eigenvalue weighted by Gasteiger charge is 2.15. The van der Waals surface area contributed by atoms with E-state index < -0.39 is 0 Å². The predicted molar refractivity (Wildman–Crippen MR) is 165 cm³/mol. The molecule has 0 aromatic heterocycles. The molecule has 0 saturated heterocycles. The zero-order valence-corrected chi connectivity index (χ0v) is 24.9. The van der Waals surface area contributed by atoms with E-state index in [9.17, 15) is 4.79 Å². The molecule has 1 aliphatic rings. The van der Waals surface area contributed by atoms with Crippen LogP contribution in [-0.4, -0.2) is 29.9 Å². The lowest BCUT2D eigenvalue weighted by Gasteiger charge is -2.21. The number of nitrogens with zero attached hydrogens (tertiary/aromatic N) is 1. The Kier molecular flexibility index (Phi) is 14.8. The molecule has 0 saturated carbocycles. The predicted octanol–water partition coefficient (Wildman–Crippen LogP) is 9.15. The molecular weight excluding hydrogens is 504 g/mol. The maximum Gasteiger partial charge on any atom is 0.262 e. The van der Waals surface area contributed by atoms with E-state index >= 15 is 0 Å². The molecule has 0 radical (unpaired) electrons. The van der Waals surface area contributed by atoms with Gasteiger partial charge in [0.1, 0.15) is 11.5 Å². The molecule has 214 valence electrons. The SMILES string of the molecule is CCCCCCCCCCCCCCOc1ccc(OCC(=O)Nc2ccccc2CN2CSC=C2C)cc1. The number of carbonyl (C=O) groups is 1. The van der Waals surface area contributed by atoms with Crippen LogP contribution in [0.1, 0.15) is 96.5 Å². The van der Waals surface area contributed by atoms with Gasteiger partial charge in [-0.1, -0.05) is 95.8 Å². The van der Waals surface area contributed by atoms with Crippen LogP contribution in [0.25, 0.3) is 0 Å². The Morgan fingerprint density at radius 3 is 2.03 bits per heavy atom. The van der Waals surface area contributed by atoms with Crippen molar-refractivity contribution in [2.24, 2.45) is 0 Å². The number of thioether (sulfide) groups is 1. The molecule has 2 aromatic carbocycles. The van der Waals surface area contributed by atoms with Gasteiger partial charge in [-0.2, -0.15) is 0 Å². The number of nitrogens with one attached hydrogen (secondary N) is 1. The van der Waals surface area contributed by atoms with Crippen LogP contribution in [0, 0.1) is 0 Å². The first-order valence-corrected chi connectivity index (χ1v) is 16.0. The minimum Gasteiger partial charge on any atom is -0.494 e. The van der Waals surface area contributed by atoms with Gasteiger partial charge in [0.05, 0.1) is 12.5 Å². The average Bonchev–Trinajstić information content (AvgIpc) is 3.35. The van der Waals surface area contributed by atoms with Gasteiger partial charge in [0.2, 0.25) is 0 Å². The maximum atomic E-state index is 12.6. The number of carbonyl (C=O) groups excluding carboxylic acids is 1. The summed E-state index contributed by atoms with van der Waals surface area (Å²) >= 11 is 1.80. The standard InChI is InChI=1S/C33H48N2O3S/c1-3-4-5-6-7-8-9-10-11-12-13-16-23-37-30-19-21-31(22-20-30)38-25-33(36)34-32-18-15-14-17-29(32)24-35-27-39-26-28(35)2/h14-15,17-22,26H,3-13,16,23-25,27H2,1-2H3,(H,34,36). The van der Waals surface area contributed by atoms with E-state index in [2.05, 4.69) is 35.5 Å². The van der Waals surface area contributed by atoms with Gasteiger partial charge in [0, 0.05) is 17.9 Å². The van der Waals surface area contributed by atoms with E-state index in [4.69, 9.17) is 9.47 Å². The van der Waals surface area contributed by atoms with Gasteiger partial charge in [0.15, 0.2) is 6.61 Å². The van der Waals surface area contributed by atoms with Crippen molar-refractivity contribution in [3.05, 3.63) is 65.2 Å². The Hall–Kier alpha value is -2.60. The molecule has 0 atom stereocenters. The fraction of sp³-hybridized carbons (Fsp3) is 0.545. The monoisotopic (exact) mass is 552 g/mol. The van der Waals surface area contributed by atoms with Gasteiger partial charge in [-0.25, -0.2) is 0 Å². The molecule has 1 amide bonds. The topological polar surface area (TPSA) is 50.8 Å². The molecule has 0 unspecified atom stereocenters. The van der Waals surface area contributed by atoms with Crippen molar-refractivity contribution in [3.8, 4) is 11.5 Å². The van der Waals surface area contributed by atoms with Crippen molar-refractivity contribution in [1.82, 2.24) is 4.90 Å². The zero-order chi connectivity index (χ0) is 27.5. The van der Waals surface area contributed by atoms with Crippen molar-refractivity contribution in [2.45, 2.75) is 97.4 Å². The molecule has 0 fully saturated rings. The van der Waals surface area contributed by atoms with Crippen LogP contribution in [0.4, 0.5) is 5.69 Å². The summed E-state index contributed by atoms with van der Waals surface area (Å²) < 4.78 is 11.6. The molecule has 3 rings (SSSR count). The van der Waals surface area contributed by atoms with Gasteiger partial charge in [0.25, 0.3) is 5.91 Å². The van der Waals surface area contributed by atoms with E-state index in [0.29, 0.717) is 5.75 Å². The number of unbranched alkanes of at least 4 members (excludes halogenated alkanes) is 11. The summed E-state index contributed by atoms with van der Waals surface area (Å²) in [5, 5.41) is 5.18. The highest BCUT2D eigenvalue weighted by atomic mass is 32.2. The number of hydrogen-bond donors (Lipinski definition) is 1. The maximum absolute atomic E-state index is 12.6. The number of rotatable bonds is 20. The third kappa shape index (κ3) is 12.4. The number of hydrogen-bond acceptors (Lipinski definition) is 5. The molecule has 1 N–H and O–H groups in total. The van der Waals surface area contributed by atoms with Crippen LogP contribution in [-0.2, 0) is 11.3 Å². The molecule has 5 nitrogen and oxygen atoms in total. The molecule has 0 spiro atoms. The zero-order valence-electron chi connectivity index (χ0n) is 24.1. The Bertz CT molecular complexity index is 993. The van der Waals surface area contributed by atoms with Crippen LogP contribution in [0.15, 0.2) is 59.6 Å². The quantitative estimate of drug-likeness (QED) is 0.166. The smallest absolute Gasteiger partial charge is 0.262 e. The van der Waals surface area contributed by atoms with Crippen molar-refractivity contribution in [3.63, 3.8) is 0 Å². The second kappa shape index (κ2) is 18.6. The van der Waals surface area contributed by atoms with Crippen LogP contribution in [0.5, 0.6) is 11.5 Å². The van der Waals surface area contributed by atoms with Crippen LogP contribution in [0.2, 0.25) is 0 Å². The summed E-state index contributed by atoms with van der Waals surface area (Å²) in [6.45, 7) is 5.87. The first kappa shape index (κ1) is 30.9. The Labute approximate surface area is 240 Å². The van der Waals surface area contributed by atoms with Crippen LogP contribution >= 0.6 is 11.8 Å². The van der Waals surface area contributed by atoms with Gasteiger partial charge < -0.3 is 19.7 Å². The Morgan fingerprint density at radius 1 is 0.821 bits per heavy atom. The highest BCUT2D eigenvalue weighted by Crippen LogP contribution is 2.27. The number of benzene rings is 2. The first-order chi connectivity index (χ1) is 19.2. The summed E-state index contributed by atoms with van der Waals surface area (Å²) in [6, 6.07) is 15.5. The lowest BCUT2D eigenvalue weighted by molar-refractivity contribution is -0.118. The molecule has 6 heteroatoms. The number of amides is 1. The van der Waals surface area contributed by atoms with Crippen molar-refractivity contribution >= 4 is 23.4 Å². The summed E-state index contributed by atoms with van der Waals surface area (Å²) in [7, 11) is 0. The highest BCUT2D eigenvalue weighted by molar-refractivity contribution is 8.02. The van der Waals surface area contributed by atoms with Crippen molar-refractivity contribution in [1.29, 1.82) is 0 Å². The Balaban J connectivity index is 1.25. The van der Waals surface area contributed by atoms with E-state index in [1.54, 1.807) is 11.8 Å². The van der Waals surface area contributed by atoms with Gasteiger partial charge in [-0.15, -0.1) is 11.8 Å². The van der Waals surface area contributed by atoms with Crippen LogP contribution in [0.3, 0.4) is 0 Å². The number of para-hydroxylation sites is 1. The molecule has 0 bridgehead atoms. The van der Waals surface area contributed by atoms with E-state index in [-0.39, 0.29) is 12.5 Å². The second-order valence-corrected chi connectivity index (χ2v) is 11.3. The van der Waals surface area contributed by atoms with E-state index in [1.807, 2.05) is 42.5 Å². The summed E-state index contributed by atoms with van der Waals surface area (Å²) in [5.74, 6) is 2.27. The lowest BCUT2D eigenvalue weighted by atomic mass is 10.1. The van der Waals surface area contributed by atoms with E-state index in [0.717, 1.165) is 42.4 Å². The fourth-order valence-corrected chi connectivity index (χ4v) is 5.62. The normalized spacial score (nSPS) is 12.9.